The highest BCUT2D eigenvalue weighted by atomic mass is 32.1. The normalized spacial score (nSPS) is 17.4. The molecule has 1 aromatic rings. The van der Waals surface area contributed by atoms with Crippen LogP contribution in [0, 0.1) is 12.8 Å². The van der Waals surface area contributed by atoms with Crippen LogP contribution in [0.1, 0.15) is 48.3 Å². The van der Waals surface area contributed by atoms with Crippen molar-refractivity contribution >= 4 is 17.2 Å². The predicted octanol–water partition coefficient (Wildman–Crippen LogP) is 2.31. The summed E-state index contributed by atoms with van der Waals surface area (Å²) in [6.07, 6.45) is 0. The molecule has 1 amide bonds. The fourth-order valence-corrected chi connectivity index (χ4v) is 3.35. The van der Waals surface area contributed by atoms with Gasteiger partial charge in [0.2, 0.25) is 5.91 Å². The molecule has 5 heteroatoms. The monoisotopic (exact) mass is 281 g/mol. The first-order valence-electron chi connectivity index (χ1n) is 6.86. The van der Waals surface area contributed by atoms with Crippen LogP contribution in [0.4, 0.5) is 0 Å². The molecular weight excluding hydrogens is 258 g/mol. The minimum Gasteiger partial charge on any atom is -0.338 e. The van der Waals surface area contributed by atoms with E-state index in [4.69, 9.17) is 0 Å². The third-order valence-corrected chi connectivity index (χ3v) is 5.41. The molecule has 0 aliphatic carbocycles. The van der Waals surface area contributed by atoms with Gasteiger partial charge in [0, 0.05) is 30.9 Å². The van der Waals surface area contributed by atoms with Crippen molar-refractivity contribution in [3.8, 4) is 0 Å². The maximum absolute atomic E-state index is 12.3. The standard InChI is InChI=1S/C14H23N3OS/c1-8(2)13-16-9(3)12(19-13)10(4)17(5)14(18)11-6-15-7-11/h8,10-11,15H,6-7H2,1-5H3. The van der Waals surface area contributed by atoms with E-state index in [9.17, 15) is 4.79 Å². The Labute approximate surface area is 119 Å². The van der Waals surface area contributed by atoms with E-state index in [-0.39, 0.29) is 17.9 Å². The molecule has 1 saturated heterocycles. The molecule has 0 bridgehead atoms. The Morgan fingerprint density at radius 2 is 2.05 bits per heavy atom. The molecule has 1 unspecified atom stereocenters. The summed E-state index contributed by atoms with van der Waals surface area (Å²) >= 11 is 1.74. The van der Waals surface area contributed by atoms with Crippen molar-refractivity contribution in [3.63, 3.8) is 0 Å². The largest absolute Gasteiger partial charge is 0.338 e. The van der Waals surface area contributed by atoms with Gasteiger partial charge in [0.25, 0.3) is 0 Å². The average Bonchev–Trinajstić information content (AvgIpc) is 2.67. The molecule has 1 fully saturated rings. The summed E-state index contributed by atoms with van der Waals surface area (Å²) < 4.78 is 0. The fraction of sp³-hybridized carbons (Fsp3) is 0.714. The van der Waals surface area contributed by atoms with E-state index in [0.717, 1.165) is 23.8 Å². The van der Waals surface area contributed by atoms with E-state index in [1.165, 1.54) is 4.88 Å². The summed E-state index contributed by atoms with van der Waals surface area (Å²) in [7, 11) is 1.90. The van der Waals surface area contributed by atoms with Gasteiger partial charge < -0.3 is 10.2 Å². The zero-order valence-electron chi connectivity index (χ0n) is 12.4. The summed E-state index contributed by atoms with van der Waals surface area (Å²) in [5, 5.41) is 4.31. The van der Waals surface area contributed by atoms with Crippen molar-refractivity contribution in [3.05, 3.63) is 15.6 Å². The molecule has 0 radical (unpaired) electrons. The molecule has 1 atom stereocenters. The topological polar surface area (TPSA) is 45.2 Å². The van der Waals surface area contributed by atoms with Crippen LogP contribution in [0.2, 0.25) is 0 Å². The second-order valence-corrected chi connectivity index (χ2v) is 6.70. The van der Waals surface area contributed by atoms with Crippen LogP contribution in [-0.4, -0.2) is 35.9 Å². The number of thiazole rings is 1. The van der Waals surface area contributed by atoms with Gasteiger partial charge in [-0.05, 0) is 13.8 Å². The maximum Gasteiger partial charge on any atom is 0.228 e. The molecule has 1 N–H and O–H groups in total. The summed E-state index contributed by atoms with van der Waals surface area (Å²) in [5.74, 6) is 0.844. The molecule has 2 heterocycles. The molecule has 1 aliphatic heterocycles. The first-order chi connectivity index (χ1) is 8.91. The van der Waals surface area contributed by atoms with Gasteiger partial charge in [-0.3, -0.25) is 4.79 Å². The number of amides is 1. The Kier molecular flexibility index (Phi) is 4.26. The molecular formula is C14H23N3OS. The van der Waals surface area contributed by atoms with E-state index in [1.54, 1.807) is 11.3 Å². The lowest BCUT2D eigenvalue weighted by molar-refractivity contribution is -0.137. The lowest BCUT2D eigenvalue weighted by Gasteiger charge is -2.33. The number of hydrogen-bond donors (Lipinski definition) is 1. The lowest BCUT2D eigenvalue weighted by atomic mass is 10.0. The summed E-state index contributed by atoms with van der Waals surface area (Å²) in [6, 6.07) is 0.109. The number of nitrogens with zero attached hydrogens (tertiary/aromatic N) is 2. The van der Waals surface area contributed by atoms with Gasteiger partial charge in [-0.2, -0.15) is 0 Å². The number of hydrogen-bond acceptors (Lipinski definition) is 4. The molecule has 1 aliphatic rings. The molecule has 0 aromatic carbocycles. The second kappa shape index (κ2) is 5.59. The zero-order chi connectivity index (χ0) is 14.2. The van der Waals surface area contributed by atoms with Crippen LogP contribution in [0.25, 0.3) is 0 Å². The number of aromatic nitrogens is 1. The smallest absolute Gasteiger partial charge is 0.228 e. The minimum absolute atomic E-state index is 0.109. The zero-order valence-corrected chi connectivity index (χ0v) is 13.2. The molecule has 19 heavy (non-hydrogen) atoms. The van der Waals surface area contributed by atoms with Crippen molar-refractivity contribution < 1.29 is 4.79 Å². The van der Waals surface area contributed by atoms with Gasteiger partial charge in [-0.15, -0.1) is 11.3 Å². The molecule has 1 aromatic heterocycles. The highest BCUT2D eigenvalue weighted by Gasteiger charge is 2.31. The van der Waals surface area contributed by atoms with Crippen LogP contribution in [-0.2, 0) is 4.79 Å². The number of carbonyl (C=O) groups is 1. The highest BCUT2D eigenvalue weighted by Crippen LogP contribution is 2.32. The molecule has 4 nitrogen and oxygen atoms in total. The van der Waals surface area contributed by atoms with Crippen LogP contribution < -0.4 is 5.32 Å². The van der Waals surface area contributed by atoms with E-state index in [1.807, 2.05) is 18.9 Å². The minimum atomic E-state index is 0.109. The van der Waals surface area contributed by atoms with Crippen LogP contribution in [0.5, 0.6) is 0 Å². The van der Waals surface area contributed by atoms with Crippen LogP contribution in [0.3, 0.4) is 0 Å². The maximum atomic E-state index is 12.3. The van der Waals surface area contributed by atoms with Crippen molar-refractivity contribution in [2.75, 3.05) is 20.1 Å². The van der Waals surface area contributed by atoms with Gasteiger partial charge in [0.15, 0.2) is 0 Å². The van der Waals surface area contributed by atoms with Crippen LogP contribution >= 0.6 is 11.3 Å². The van der Waals surface area contributed by atoms with Crippen LogP contribution in [0.15, 0.2) is 0 Å². The summed E-state index contributed by atoms with van der Waals surface area (Å²) in [6.45, 7) is 10.1. The molecule has 106 valence electrons. The number of aryl methyl sites for hydroxylation is 1. The average molecular weight is 281 g/mol. The predicted molar refractivity (Wildman–Crippen MR) is 78.5 cm³/mol. The van der Waals surface area contributed by atoms with Crippen molar-refractivity contribution in [1.82, 2.24) is 15.2 Å². The number of nitrogens with one attached hydrogen (secondary N) is 1. The first kappa shape index (κ1) is 14.5. The first-order valence-corrected chi connectivity index (χ1v) is 7.68. The summed E-state index contributed by atoms with van der Waals surface area (Å²) in [5.41, 5.74) is 1.06. The lowest BCUT2D eigenvalue weighted by Crippen LogP contribution is -2.51. The number of carbonyl (C=O) groups excluding carboxylic acids is 1. The quantitative estimate of drug-likeness (QED) is 0.921. The molecule has 0 spiro atoms. The van der Waals surface area contributed by atoms with E-state index < -0.39 is 0 Å². The Hall–Kier alpha value is -0.940. The van der Waals surface area contributed by atoms with Crippen molar-refractivity contribution in [1.29, 1.82) is 0 Å². The van der Waals surface area contributed by atoms with E-state index in [0.29, 0.717) is 5.92 Å². The van der Waals surface area contributed by atoms with Crippen molar-refractivity contribution in [2.45, 2.75) is 39.7 Å². The van der Waals surface area contributed by atoms with E-state index in [2.05, 4.69) is 31.1 Å². The van der Waals surface area contributed by atoms with Gasteiger partial charge in [-0.1, -0.05) is 13.8 Å². The Balaban J connectivity index is 2.13. The Bertz CT molecular complexity index is 465. The number of rotatable bonds is 4. The van der Waals surface area contributed by atoms with Gasteiger partial charge >= 0.3 is 0 Å². The third kappa shape index (κ3) is 2.82. The summed E-state index contributed by atoms with van der Waals surface area (Å²) in [4.78, 5) is 20.0. The third-order valence-electron chi connectivity index (χ3n) is 3.78. The van der Waals surface area contributed by atoms with Crippen molar-refractivity contribution in [2.24, 2.45) is 5.92 Å². The molecule has 2 rings (SSSR count). The Morgan fingerprint density at radius 3 is 2.47 bits per heavy atom. The van der Waals surface area contributed by atoms with E-state index >= 15 is 0 Å². The Morgan fingerprint density at radius 1 is 1.42 bits per heavy atom. The highest BCUT2D eigenvalue weighted by molar-refractivity contribution is 7.11. The fourth-order valence-electron chi connectivity index (χ4n) is 2.18. The van der Waals surface area contributed by atoms with Gasteiger partial charge in [0.1, 0.15) is 0 Å². The van der Waals surface area contributed by atoms with Gasteiger partial charge in [-0.25, -0.2) is 4.98 Å². The van der Waals surface area contributed by atoms with Gasteiger partial charge in [0.05, 0.1) is 22.7 Å². The molecule has 0 saturated carbocycles. The SMILES string of the molecule is Cc1nc(C(C)C)sc1C(C)N(C)C(=O)C1CNC1. The second-order valence-electron chi connectivity index (χ2n) is 5.64.